The second kappa shape index (κ2) is 4.79. The van der Waals surface area contributed by atoms with E-state index >= 15 is 0 Å². The van der Waals surface area contributed by atoms with Gasteiger partial charge in [0.1, 0.15) is 16.9 Å². The Morgan fingerprint density at radius 3 is 2.81 bits per heavy atom. The summed E-state index contributed by atoms with van der Waals surface area (Å²) in [5.41, 5.74) is 2.84. The SMILES string of the molecule is Cc1ccc2c3c(oc2c1)CN(C(=O)OC(C)(C)C)CC3. The summed E-state index contributed by atoms with van der Waals surface area (Å²) in [5, 5.41) is 1.17. The van der Waals surface area contributed by atoms with Gasteiger partial charge in [-0.05, 0) is 45.7 Å². The molecule has 4 nitrogen and oxygen atoms in total. The number of carbonyl (C=O) groups is 1. The number of rotatable bonds is 0. The summed E-state index contributed by atoms with van der Waals surface area (Å²) in [4.78, 5) is 13.9. The van der Waals surface area contributed by atoms with E-state index in [0.29, 0.717) is 13.1 Å². The smallest absolute Gasteiger partial charge is 0.410 e. The molecule has 0 bridgehead atoms. The quantitative estimate of drug-likeness (QED) is 0.734. The fraction of sp³-hybridized carbons (Fsp3) is 0.471. The molecule has 1 aromatic carbocycles. The van der Waals surface area contributed by atoms with Crippen molar-refractivity contribution in [3.63, 3.8) is 0 Å². The monoisotopic (exact) mass is 287 g/mol. The van der Waals surface area contributed by atoms with Gasteiger partial charge >= 0.3 is 6.09 Å². The molecule has 2 aromatic rings. The molecule has 0 unspecified atom stereocenters. The van der Waals surface area contributed by atoms with E-state index in [1.165, 1.54) is 16.5 Å². The zero-order valence-corrected chi connectivity index (χ0v) is 13.0. The molecule has 0 spiro atoms. The van der Waals surface area contributed by atoms with Crippen LogP contribution in [-0.4, -0.2) is 23.1 Å². The molecule has 0 saturated carbocycles. The van der Waals surface area contributed by atoms with Crippen LogP contribution in [0, 0.1) is 6.92 Å². The van der Waals surface area contributed by atoms with Crippen LogP contribution >= 0.6 is 0 Å². The average molecular weight is 287 g/mol. The van der Waals surface area contributed by atoms with Crippen molar-refractivity contribution in [3.8, 4) is 0 Å². The molecular formula is C17H21NO3. The molecule has 1 aliphatic heterocycles. The predicted octanol–water partition coefficient (Wildman–Crippen LogP) is 4.03. The van der Waals surface area contributed by atoms with Gasteiger partial charge in [-0.25, -0.2) is 4.79 Å². The zero-order valence-electron chi connectivity index (χ0n) is 13.0. The van der Waals surface area contributed by atoms with E-state index in [1.54, 1.807) is 4.90 Å². The molecule has 0 fully saturated rings. The zero-order chi connectivity index (χ0) is 15.2. The van der Waals surface area contributed by atoms with Crippen molar-refractivity contribution in [2.24, 2.45) is 0 Å². The molecule has 1 aromatic heterocycles. The van der Waals surface area contributed by atoms with Gasteiger partial charge in [0.05, 0.1) is 6.54 Å². The highest BCUT2D eigenvalue weighted by Crippen LogP contribution is 2.31. The Labute approximate surface area is 124 Å². The lowest BCUT2D eigenvalue weighted by atomic mass is 10.0. The maximum Gasteiger partial charge on any atom is 0.410 e. The first kappa shape index (κ1) is 14.0. The van der Waals surface area contributed by atoms with Crippen molar-refractivity contribution in [1.29, 1.82) is 0 Å². The summed E-state index contributed by atoms with van der Waals surface area (Å²) >= 11 is 0. The van der Waals surface area contributed by atoms with Gasteiger partial charge in [-0.15, -0.1) is 0 Å². The molecule has 0 N–H and O–H groups in total. The number of fused-ring (bicyclic) bond motifs is 3. The van der Waals surface area contributed by atoms with Gasteiger partial charge in [-0.3, -0.25) is 0 Å². The van der Waals surface area contributed by atoms with Gasteiger partial charge < -0.3 is 14.1 Å². The van der Waals surface area contributed by atoms with Crippen molar-refractivity contribution in [1.82, 2.24) is 4.90 Å². The topological polar surface area (TPSA) is 42.7 Å². The Bertz CT molecular complexity index is 694. The maximum atomic E-state index is 12.2. The Hall–Kier alpha value is -1.97. The number of nitrogens with zero attached hydrogens (tertiary/aromatic N) is 1. The van der Waals surface area contributed by atoms with Crippen LogP contribution in [0.25, 0.3) is 11.0 Å². The summed E-state index contributed by atoms with van der Waals surface area (Å²) in [6.45, 7) is 8.84. The van der Waals surface area contributed by atoms with E-state index in [1.807, 2.05) is 33.8 Å². The van der Waals surface area contributed by atoms with Gasteiger partial charge in [0.25, 0.3) is 0 Å². The highest BCUT2D eigenvalue weighted by Gasteiger charge is 2.28. The Morgan fingerprint density at radius 2 is 2.10 bits per heavy atom. The third-order valence-corrected chi connectivity index (χ3v) is 3.65. The average Bonchev–Trinajstić information content (AvgIpc) is 2.72. The molecule has 0 radical (unpaired) electrons. The van der Waals surface area contributed by atoms with Crippen LogP contribution in [0.1, 0.15) is 37.7 Å². The number of amides is 1. The van der Waals surface area contributed by atoms with E-state index < -0.39 is 5.60 Å². The molecule has 0 saturated heterocycles. The normalized spacial score (nSPS) is 15.1. The van der Waals surface area contributed by atoms with Crippen molar-refractivity contribution >= 4 is 17.1 Å². The number of carbonyl (C=O) groups excluding carboxylic acids is 1. The van der Waals surface area contributed by atoms with Gasteiger partial charge in [0.15, 0.2) is 0 Å². The molecule has 0 atom stereocenters. The number of furan rings is 1. The first-order chi connectivity index (χ1) is 9.83. The van der Waals surface area contributed by atoms with E-state index in [9.17, 15) is 4.79 Å². The van der Waals surface area contributed by atoms with Crippen LogP contribution in [0.15, 0.2) is 22.6 Å². The summed E-state index contributed by atoms with van der Waals surface area (Å²) in [6, 6.07) is 6.25. The number of aryl methyl sites for hydroxylation is 1. The minimum atomic E-state index is -0.470. The lowest BCUT2D eigenvalue weighted by molar-refractivity contribution is 0.0210. The van der Waals surface area contributed by atoms with Crippen LogP contribution < -0.4 is 0 Å². The Kier molecular flexibility index (Phi) is 3.19. The number of hydrogen-bond acceptors (Lipinski definition) is 3. The summed E-state index contributed by atoms with van der Waals surface area (Å²) in [7, 11) is 0. The van der Waals surface area contributed by atoms with Crippen LogP contribution in [0.4, 0.5) is 4.79 Å². The standard InChI is InChI=1S/C17H21NO3/c1-11-5-6-12-13-7-8-18(16(19)21-17(2,3)4)10-15(13)20-14(12)9-11/h5-6,9H,7-8,10H2,1-4H3. The summed E-state index contributed by atoms with van der Waals surface area (Å²) in [6.07, 6.45) is 0.537. The first-order valence-corrected chi connectivity index (χ1v) is 7.32. The lowest BCUT2D eigenvalue weighted by Gasteiger charge is -2.29. The minimum absolute atomic E-state index is 0.273. The van der Waals surface area contributed by atoms with E-state index in [0.717, 1.165) is 17.8 Å². The van der Waals surface area contributed by atoms with E-state index in [2.05, 4.69) is 12.1 Å². The van der Waals surface area contributed by atoms with Crippen molar-refractivity contribution in [2.75, 3.05) is 6.54 Å². The molecule has 1 amide bonds. The van der Waals surface area contributed by atoms with E-state index in [-0.39, 0.29) is 6.09 Å². The molecular weight excluding hydrogens is 266 g/mol. The lowest BCUT2D eigenvalue weighted by Crippen LogP contribution is -2.39. The predicted molar refractivity (Wildman–Crippen MR) is 81.3 cm³/mol. The van der Waals surface area contributed by atoms with E-state index in [4.69, 9.17) is 9.15 Å². The second-order valence-electron chi connectivity index (χ2n) is 6.66. The minimum Gasteiger partial charge on any atom is -0.459 e. The highest BCUT2D eigenvalue weighted by atomic mass is 16.6. The largest absolute Gasteiger partial charge is 0.459 e. The van der Waals surface area contributed by atoms with Gasteiger partial charge in [-0.1, -0.05) is 12.1 Å². The Balaban J connectivity index is 1.86. The molecule has 112 valence electrons. The first-order valence-electron chi connectivity index (χ1n) is 7.32. The molecule has 1 aliphatic rings. The van der Waals surface area contributed by atoms with Crippen LogP contribution in [0.5, 0.6) is 0 Å². The van der Waals surface area contributed by atoms with Crippen LogP contribution in [-0.2, 0) is 17.7 Å². The van der Waals surface area contributed by atoms with Crippen LogP contribution in [0.3, 0.4) is 0 Å². The number of hydrogen-bond donors (Lipinski definition) is 0. The van der Waals surface area contributed by atoms with Gasteiger partial charge in [0.2, 0.25) is 0 Å². The fourth-order valence-corrected chi connectivity index (χ4v) is 2.69. The third-order valence-electron chi connectivity index (χ3n) is 3.65. The number of benzene rings is 1. The fourth-order valence-electron chi connectivity index (χ4n) is 2.69. The maximum absolute atomic E-state index is 12.2. The molecule has 4 heteroatoms. The van der Waals surface area contributed by atoms with Crippen molar-refractivity contribution in [3.05, 3.63) is 35.1 Å². The molecule has 3 rings (SSSR count). The third kappa shape index (κ3) is 2.75. The van der Waals surface area contributed by atoms with Crippen molar-refractivity contribution in [2.45, 2.75) is 46.3 Å². The second-order valence-corrected chi connectivity index (χ2v) is 6.66. The summed E-state index contributed by atoms with van der Waals surface area (Å²) < 4.78 is 11.4. The molecule has 0 aliphatic carbocycles. The summed E-state index contributed by atoms with van der Waals surface area (Å²) in [5.74, 6) is 0.882. The Morgan fingerprint density at radius 1 is 1.33 bits per heavy atom. The van der Waals surface area contributed by atoms with Crippen LogP contribution in [0.2, 0.25) is 0 Å². The highest BCUT2D eigenvalue weighted by molar-refractivity contribution is 5.83. The molecule has 2 heterocycles. The number of ether oxygens (including phenoxy) is 1. The van der Waals surface area contributed by atoms with Gasteiger partial charge in [-0.2, -0.15) is 0 Å². The molecule has 21 heavy (non-hydrogen) atoms. The van der Waals surface area contributed by atoms with Crippen molar-refractivity contribution < 1.29 is 13.9 Å². The van der Waals surface area contributed by atoms with Gasteiger partial charge in [0, 0.05) is 17.5 Å².